The third kappa shape index (κ3) is 3.86. The summed E-state index contributed by atoms with van der Waals surface area (Å²) in [7, 11) is -2.19. The number of fused-ring (bicyclic) bond motifs is 1. The second-order valence-corrected chi connectivity index (χ2v) is 8.78. The van der Waals surface area contributed by atoms with Crippen LogP contribution in [0, 0.1) is 6.92 Å². The van der Waals surface area contributed by atoms with Crippen LogP contribution in [0.25, 0.3) is 10.8 Å². The molecule has 0 saturated carbocycles. The number of carbonyl (C=O) groups excluding carboxylic acids is 1. The average molecular weight is 429 g/mol. The van der Waals surface area contributed by atoms with Gasteiger partial charge in [-0.15, -0.1) is 0 Å². The molecule has 0 atom stereocenters. The number of rotatable bonds is 6. The zero-order chi connectivity index (χ0) is 22.1. The summed E-state index contributed by atoms with van der Waals surface area (Å²) in [6.45, 7) is 6.02. The number of aromatic nitrogens is 2. The van der Waals surface area contributed by atoms with Gasteiger partial charge in [0, 0.05) is 31.2 Å². The van der Waals surface area contributed by atoms with Gasteiger partial charge in [-0.3, -0.25) is 9.59 Å². The minimum absolute atomic E-state index is 0.0871. The summed E-state index contributed by atoms with van der Waals surface area (Å²) in [6.07, 6.45) is 0. The molecular weight excluding hydrogens is 404 g/mol. The van der Waals surface area contributed by atoms with Crippen LogP contribution < -0.4 is 10.9 Å². The van der Waals surface area contributed by atoms with Crippen molar-refractivity contribution >= 4 is 32.4 Å². The molecule has 3 aromatic rings. The second kappa shape index (κ2) is 8.37. The minimum atomic E-state index is -3.67. The van der Waals surface area contributed by atoms with Gasteiger partial charge in [0.15, 0.2) is 5.69 Å². The third-order valence-electron chi connectivity index (χ3n) is 4.97. The quantitative estimate of drug-likeness (QED) is 0.650. The van der Waals surface area contributed by atoms with Gasteiger partial charge >= 0.3 is 0 Å². The number of hydrogen-bond acceptors (Lipinski definition) is 5. The highest BCUT2D eigenvalue weighted by molar-refractivity contribution is 7.89. The SMILES string of the molecule is CCN(CC)S(=O)(=O)c1ccc(C)c(NC(=O)c2nn(C)c(=O)c3ccccc23)c1. The molecule has 2 aromatic carbocycles. The van der Waals surface area contributed by atoms with Crippen LogP contribution in [0.1, 0.15) is 29.9 Å². The first-order valence-corrected chi connectivity index (χ1v) is 11.0. The maximum Gasteiger partial charge on any atom is 0.276 e. The molecule has 3 rings (SSSR count). The van der Waals surface area contributed by atoms with Gasteiger partial charge in [-0.2, -0.15) is 9.40 Å². The van der Waals surface area contributed by atoms with Crippen molar-refractivity contribution in [3.8, 4) is 0 Å². The van der Waals surface area contributed by atoms with Crippen LogP contribution >= 0.6 is 0 Å². The molecule has 9 heteroatoms. The predicted octanol–water partition coefficient (Wildman–Crippen LogP) is 2.52. The molecule has 0 aliphatic carbocycles. The lowest BCUT2D eigenvalue weighted by Crippen LogP contribution is -2.30. The molecule has 1 heterocycles. The van der Waals surface area contributed by atoms with Crippen molar-refractivity contribution in [3.63, 3.8) is 0 Å². The summed E-state index contributed by atoms with van der Waals surface area (Å²) in [5, 5.41) is 7.69. The summed E-state index contributed by atoms with van der Waals surface area (Å²) >= 11 is 0. The lowest BCUT2D eigenvalue weighted by Gasteiger charge is -2.19. The Morgan fingerprint density at radius 3 is 2.37 bits per heavy atom. The molecule has 158 valence electrons. The Hall–Kier alpha value is -3.04. The second-order valence-electron chi connectivity index (χ2n) is 6.84. The average Bonchev–Trinajstić information content (AvgIpc) is 2.72. The first-order valence-electron chi connectivity index (χ1n) is 9.58. The highest BCUT2D eigenvalue weighted by Gasteiger charge is 2.23. The van der Waals surface area contributed by atoms with E-state index in [2.05, 4.69) is 10.4 Å². The molecule has 0 unspecified atom stereocenters. The Labute approximate surface area is 175 Å². The van der Waals surface area contributed by atoms with E-state index in [0.717, 1.165) is 4.68 Å². The van der Waals surface area contributed by atoms with Crippen molar-refractivity contribution in [3.05, 3.63) is 64.1 Å². The highest BCUT2D eigenvalue weighted by atomic mass is 32.2. The fraction of sp³-hybridized carbons (Fsp3) is 0.286. The Balaban J connectivity index is 2.04. The molecule has 0 fully saturated rings. The van der Waals surface area contributed by atoms with Crippen LogP contribution in [0.3, 0.4) is 0 Å². The first-order chi connectivity index (χ1) is 14.2. The van der Waals surface area contributed by atoms with E-state index < -0.39 is 15.9 Å². The maximum atomic E-state index is 13.0. The van der Waals surface area contributed by atoms with Crippen LogP contribution in [0.15, 0.2) is 52.2 Å². The topological polar surface area (TPSA) is 101 Å². The van der Waals surface area contributed by atoms with Crippen molar-refractivity contribution < 1.29 is 13.2 Å². The summed E-state index contributed by atoms with van der Waals surface area (Å²) in [5.74, 6) is -0.526. The predicted molar refractivity (Wildman–Crippen MR) is 116 cm³/mol. The molecule has 1 N–H and O–H groups in total. The molecule has 0 aliphatic heterocycles. The van der Waals surface area contributed by atoms with Crippen LogP contribution in [-0.2, 0) is 17.1 Å². The number of carbonyl (C=O) groups is 1. The van der Waals surface area contributed by atoms with Crippen molar-refractivity contribution in [1.82, 2.24) is 14.1 Å². The van der Waals surface area contributed by atoms with Gasteiger partial charge in [-0.05, 0) is 30.7 Å². The summed E-state index contributed by atoms with van der Waals surface area (Å²) < 4.78 is 28.1. The van der Waals surface area contributed by atoms with Crippen LogP contribution in [-0.4, -0.2) is 41.5 Å². The summed E-state index contributed by atoms with van der Waals surface area (Å²) in [4.78, 5) is 25.4. The molecule has 30 heavy (non-hydrogen) atoms. The van der Waals surface area contributed by atoms with E-state index in [1.54, 1.807) is 51.1 Å². The largest absolute Gasteiger partial charge is 0.320 e. The number of nitrogens with one attached hydrogen (secondary N) is 1. The van der Waals surface area contributed by atoms with Gasteiger partial charge in [0.1, 0.15) is 0 Å². The number of aryl methyl sites for hydroxylation is 2. The molecule has 1 amide bonds. The molecule has 0 bridgehead atoms. The number of amides is 1. The van der Waals surface area contributed by atoms with Crippen LogP contribution in [0.4, 0.5) is 5.69 Å². The lowest BCUT2D eigenvalue weighted by atomic mass is 10.1. The Morgan fingerprint density at radius 2 is 1.73 bits per heavy atom. The van der Waals surface area contributed by atoms with E-state index in [1.807, 2.05) is 0 Å². The van der Waals surface area contributed by atoms with Gasteiger partial charge in [0.25, 0.3) is 11.5 Å². The van der Waals surface area contributed by atoms with Crippen LogP contribution in [0.5, 0.6) is 0 Å². The number of hydrogen-bond donors (Lipinski definition) is 1. The molecule has 1 aromatic heterocycles. The van der Waals surface area contributed by atoms with Gasteiger partial charge in [-0.25, -0.2) is 13.1 Å². The zero-order valence-corrected chi connectivity index (χ0v) is 18.2. The first kappa shape index (κ1) is 21.7. The van der Waals surface area contributed by atoms with Crippen molar-refractivity contribution in [2.75, 3.05) is 18.4 Å². The molecule has 8 nitrogen and oxygen atoms in total. The van der Waals surface area contributed by atoms with E-state index in [0.29, 0.717) is 35.1 Å². The molecule has 0 radical (unpaired) electrons. The number of nitrogens with zero attached hydrogens (tertiary/aromatic N) is 3. The van der Waals surface area contributed by atoms with Crippen LogP contribution in [0.2, 0.25) is 0 Å². The van der Waals surface area contributed by atoms with Gasteiger partial charge in [0.05, 0.1) is 10.3 Å². The smallest absolute Gasteiger partial charge is 0.276 e. The molecular formula is C21H24N4O4S. The third-order valence-corrected chi connectivity index (χ3v) is 7.02. The maximum absolute atomic E-state index is 13.0. The van der Waals surface area contributed by atoms with E-state index in [9.17, 15) is 18.0 Å². The normalized spacial score (nSPS) is 11.8. The highest BCUT2D eigenvalue weighted by Crippen LogP contribution is 2.24. The number of anilines is 1. The van der Waals surface area contributed by atoms with E-state index in [4.69, 9.17) is 0 Å². The lowest BCUT2D eigenvalue weighted by molar-refractivity contribution is 0.102. The van der Waals surface area contributed by atoms with Crippen molar-refractivity contribution in [2.24, 2.45) is 7.05 Å². The standard InChI is InChI=1S/C21H24N4O4S/c1-5-25(6-2)30(28,29)15-12-11-14(3)18(13-15)22-20(26)19-16-9-7-8-10-17(16)21(27)24(4)23-19/h7-13H,5-6H2,1-4H3,(H,22,26). The van der Waals surface area contributed by atoms with E-state index >= 15 is 0 Å². The fourth-order valence-corrected chi connectivity index (χ4v) is 4.74. The molecule has 0 aliphatic rings. The Bertz CT molecular complexity index is 1280. The molecule has 0 saturated heterocycles. The summed E-state index contributed by atoms with van der Waals surface area (Å²) in [6, 6.07) is 11.4. The Kier molecular flexibility index (Phi) is 6.04. The molecule has 0 spiro atoms. The van der Waals surface area contributed by atoms with Crippen molar-refractivity contribution in [1.29, 1.82) is 0 Å². The van der Waals surface area contributed by atoms with E-state index in [1.165, 1.54) is 23.5 Å². The van der Waals surface area contributed by atoms with E-state index in [-0.39, 0.29) is 16.1 Å². The Morgan fingerprint density at radius 1 is 1.10 bits per heavy atom. The zero-order valence-electron chi connectivity index (χ0n) is 17.3. The van der Waals surface area contributed by atoms with Gasteiger partial charge < -0.3 is 5.32 Å². The minimum Gasteiger partial charge on any atom is -0.320 e. The van der Waals surface area contributed by atoms with Gasteiger partial charge in [0.2, 0.25) is 10.0 Å². The summed E-state index contributed by atoms with van der Waals surface area (Å²) in [5.41, 5.74) is 0.860. The van der Waals surface area contributed by atoms with Gasteiger partial charge in [-0.1, -0.05) is 38.1 Å². The fourth-order valence-electron chi connectivity index (χ4n) is 3.26. The van der Waals surface area contributed by atoms with Crippen molar-refractivity contribution in [2.45, 2.75) is 25.7 Å². The number of sulfonamides is 1. The number of benzene rings is 2. The monoisotopic (exact) mass is 428 g/mol.